The number of rotatable bonds is 5. The molecule has 0 radical (unpaired) electrons. The molecule has 2 rings (SSSR count). The van der Waals surface area contributed by atoms with Crippen LogP contribution in [-0.2, 0) is 11.2 Å². The van der Waals surface area contributed by atoms with Crippen LogP contribution in [0.15, 0.2) is 54.6 Å². The molecule has 102 valence electrons. The maximum atomic E-state index is 11.8. The summed E-state index contributed by atoms with van der Waals surface area (Å²) >= 11 is 0. The zero-order valence-electron chi connectivity index (χ0n) is 10.9. The molecule has 0 aliphatic rings. The average Bonchev–Trinajstić information content (AvgIpc) is 2.48. The molecule has 2 N–H and O–H groups in total. The van der Waals surface area contributed by atoms with Gasteiger partial charge in [0.1, 0.15) is 5.75 Å². The van der Waals surface area contributed by atoms with Crippen LogP contribution in [0, 0.1) is 0 Å². The fraction of sp³-hybridized carbons (Fsp3) is 0.125. The predicted molar refractivity (Wildman–Crippen MR) is 75.6 cm³/mol. The first-order valence-electron chi connectivity index (χ1n) is 6.28. The van der Waals surface area contributed by atoms with Gasteiger partial charge in [0.2, 0.25) is 5.91 Å². The van der Waals surface area contributed by atoms with Crippen LogP contribution >= 0.6 is 0 Å². The van der Waals surface area contributed by atoms with E-state index in [4.69, 9.17) is 0 Å². The third-order valence-corrected chi connectivity index (χ3v) is 2.88. The van der Waals surface area contributed by atoms with Crippen molar-refractivity contribution in [3.63, 3.8) is 0 Å². The summed E-state index contributed by atoms with van der Waals surface area (Å²) in [7, 11) is 0. The Labute approximate surface area is 117 Å². The van der Waals surface area contributed by atoms with Gasteiger partial charge in [-0.05, 0) is 6.07 Å². The van der Waals surface area contributed by atoms with Crippen LogP contribution in [0.4, 0.5) is 0 Å². The summed E-state index contributed by atoms with van der Waals surface area (Å²) in [6.45, 7) is -0.0452. The number of aromatic hydroxyl groups is 1. The Balaban J connectivity index is 1.87. The maximum Gasteiger partial charge on any atom is 0.224 e. The number of hydrogen-bond donors (Lipinski definition) is 2. The maximum absolute atomic E-state index is 11.8. The number of carbonyl (C=O) groups is 2. The van der Waals surface area contributed by atoms with Gasteiger partial charge in [-0.25, -0.2) is 0 Å². The van der Waals surface area contributed by atoms with E-state index in [1.165, 1.54) is 6.07 Å². The molecule has 4 nitrogen and oxygen atoms in total. The molecule has 20 heavy (non-hydrogen) atoms. The zero-order valence-corrected chi connectivity index (χ0v) is 10.9. The van der Waals surface area contributed by atoms with Crippen molar-refractivity contribution in [1.29, 1.82) is 0 Å². The minimum Gasteiger partial charge on any atom is -0.508 e. The van der Waals surface area contributed by atoms with Gasteiger partial charge in [0.15, 0.2) is 5.78 Å². The Hall–Kier alpha value is -2.62. The molecule has 1 amide bonds. The van der Waals surface area contributed by atoms with Gasteiger partial charge in [-0.3, -0.25) is 9.59 Å². The highest BCUT2D eigenvalue weighted by atomic mass is 16.3. The Kier molecular flexibility index (Phi) is 4.50. The summed E-state index contributed by atoms with van der Waals surface area (Å²) in [5.74, 6) is -0.357. The predicted octanol–water partition coefficient (Wildman–Crippen LogP) is 1.93. The van der Waals surface area contributed by atoms with Crippen molar-refractivity contribution in [3.05, 3.63) is 65.7 Å². The SMILES string of the molecule is O=C(Cc1ccccc1O)NCC(=O)c1ccccc1. The van der Waals surface area contributed by atoms with Crippen molar-refractivity contribution in [2.45, 2.75) is 6.42 Å². The molecule has 4 heteroatoms. The first kappa shape index (κ1) is 13.8. The van der Waals surface area contributed by atoms with Gasteiger partial charge in [0, 0.05) is 11.1 Å². The Morgan fingerprint density at radius 2 is 1.60 bits per heavy atom. The molecule has 0 saturated heterocycles. The van der Waals surface area contributed by atoms with E-state index in [1.807, 2.05) is 6.07 Å². The number of phenolic OH excluding ortho intramolecular Hbond substituents is 1. The summed E-state index contributed by atoms with van der Waals surface area (Å²) in [6.07, 6.45) is 0.0503. The van der Waals surface area contributed by atoms with Crippen molar-refractivity contribution < 1.29 is 14.7 Å². The third kappa shape index (κ3) is 3.68. The highest BCUT2D eigenvalue weighted by Gasteiger charge is 2.10. The van der Waals surface area contributed by atoms with Gasteiger partial charge in [0.05, 0.1) is 13.0 Å². The molecular formula is C16H15NO3. The van der Waals surface area contributed by atoms with Crippen molar-refractivity contribution in [2.75, 3.05) is 6.54 Å². The zero-order chi connectivity index (χ0) is 14.4. The van der Waals surface area contributed by atoms with Crippen LogP contribution in [0.25, 0.3) is 0 Å². The van der Waals surface area contributed by atoms with E-state index in [0.717, 1.165) is 0 Å². The van der Waals surface area contributed by atoms with E-state index in [-0.39, 0.29) is 30.4 Å². The van der Waals surface area contributed by atoms with Gasteiger partial charge < -0.3 is 10.4 Å². The van der Waals surface area contributed by atoms with Crippen molar-refractivity contribution in [3.8, 4) is 5.75 Å². The second-order valence-corrected chi connectivity index (χ2v) is 4.37. The smallest absolute Gasteiger partial charge is 0.224 e. The van der Waals surface area contributed by atoms with Crippen LogP contribution in [0.3, 0.4) is 0 Å². The van der Waals surface area contributed by atoms with Crippen molar-refractivity contribution in [1.82, 2.24) is 5.32 Å². The third-order valence-electron chi connectivity index (χ3n) is 2.88. The molecule has 0 aliphatic carbocycles. The van der Waals surface area contributed by atoms with Gasteiger partial charge in [-0.15, -0.1) is 0 Å². The molecular weight excluding hydrogens is 254 g/mol. The van der Waals surface area contributed by atoms with E-state index in [9.17, 15) is 14.7 Å². The molecule has 0 unspecified atom stereocenters. The lowest BCUT2D eigenvalue weighted by Crippen LogP contribution is -2.30. The molecule has 0 fully saturated rings. The van der Waals surface area contributed by atoms with Gasteiger partial charge in [-0.2, -0.15) is 0 Å². The molecule has 0 saturated carbocycles. The number of hydrogen-bond acceptors (Lipinski definition) is 3. The quantitative estimate of drug-likeness (QED) is 0.815. The van der Waals surface area contributed by atoms with Crippen LogP contribution < -0.4 is 5.32 Å². The molecule has 2 aromatic rings. The molecule has 0 heterocycles. The second kappa shape index (κ2) is 6.52. The van der Waals surface area contributed by atoms with Crippen LogP contribution in [0.2, 0.25) is 0 Å². The summed E-state index contributed by atoms with van der Waals surface area (Å²) in [4.78, 5) is 23.5. The van der Waals surface area contributed by atoms with E-state index in [0.29, 0.717) is 11.1 Å². The fourth-order valence-electron chi connectivity index (χ4n) is 1.80. The standard InChI is InChI=1S/C16H15NO3/c18-14-9-5-4-8-13(14)10-16(20)17-11-15(19)12-6-2-1-3-7-12/h1-9,18H,10-11H2,(H,17,20). The highest BCUT2D eigenvalue weighted by Crippen LogP contribution is 2.15. The van der Waals surface area contributed by atoms with Gasteiger partial charge >= 0.3 is 0 Å². The number of para-hydroxylation sites is 1. The minimum absolute atomic E-state index is 0.0452. The van der Waals surface area contributed by atoms with E-state index in [2.05, 4.69) is 5.32 Å². The first-order chi connectivity index (χ1) is 9.66. The molecule has 2 aromatic carbocycles. The summed E-state index contributed by atoms with van der Waals surface area (Å²) in [5.41, 5.74) is 1.10. The number of carbonyl (C=O) groups excluding carboxylic acids is 2. The van der Waals surface area contributed by atoms with E-state index < -0.39 is 0 Å². The molecule has 0 bridgehead atoms. The minimum atomic E-state index is -0.296. The molecule has 0 aromatic heterocycles. The monoisotopic (exact) mass is 269 g/mol. The van der Waals surface area contributed by atoms with Crippen LogP contribution in [-0.4, -0.2) is 23.3 Å². The number of benzene rings is 2. The molecule has 0 spiro atoms. The lowest BCUT2D eigenvalue weighted by molar-refractivity contribution is -0.120. The van der Waals surface area contributed by atoms with Crippen molar-refractivity contribution >= 4 is 11.7 Å². The summed E-state index contributed by atoms with van der Waals surface area (Å²) in [5, 5.41) is 12.1. The molecule has 0 aliphatic heterocycles. The number of phenols is 1. The topological polar surface area (TPSA) is 66.4 Å². The van der Waals surface area contributed by atoms with Crippen molar-refractivity contribution in [2.24, 2.45) is 0 Å². The summed E-state index contributed by atoms with van der Waals surface area (Å²) in [6, 6.07) is 15.4. The Bertz CT molecular complexity index is 608. The highest BCUT2D eigenvalue weighted by molar-refractivity contribution is 5.99. The second-order valence-electron chi connectivity index (χ2n) is 4.37. The normalized spacial score (nSPS) is 10.0. The number of nitrogens with one attached hydrogen (secondary N) is 1. The summed E-state index contributed by atoms with van der Waals surface area (Å²) < 4.78 is 0. The van der Waals surface area contributed by atoms with Crippen LogP contribution in [0.5, 0.6) is 5.75 Å². The lowest BCUT2D eigenvalue weighted by Gasteiger charge is -2.06. The Morgan fingerprint density at radius 1 is 0.950 bits per heavy atom. The fourth-order valence-corrected chi connectivity index (χ4v) is 1.80. The van der Waals surface area contributed by atoms with Gasteiger partial charge in [0.25, 0.3) is 0 Å². The Morgan fingerprint density at radius 3 is 2.30 bits per heavy atom. The van der Waals surface area contributed by atoms with E-state index in [1.54, 1.807) is 42.5 Å². The van der Waals surface area contributed by atoms with E-state index >= 15 is 0 Å². The van der Waals surface area contributed by atoms with Gasteiger partial charge in [-0.1, -0.05) is 48.5 Å². The number of amides is 1. The lowest BCUT2D eigenvalue weighted by atomic mass is 10.1. The number of ketones is 1. The number of Topliss-reactive ketones (excluding diaryl/α,β-unsaturated/α-hetero) is 1. The first-order valence-corrected chi connectivity index (χ1v) is 6.28. The van der Waals surface area contributed by atoms with Crippen LogP contribution in [0.1, 0.15) is 15.9 Å². The largest absolute Gasteiger partial charge is 0.508 e. The average molecular weight is 269 g/mol. The molecule has 0 atom stereocenters.